The maximum atomic E-state index is 13.1. The van der Waals surface area contributed by atoms with Crippen molar-refractivity contribution in [1.29, 1.82) is 0 Å². The van der Waals surface area contributed by atoms with Gasteiger partial charge >= 0.3 is 6.18 Å². The van der Waals surface area contributed by atoms with Gasteiger partial charge in [0.2, 0.25) is 0 Å². The van der Waals surface area contributed by atoms with Gasteiger partial charge in [-0.25, -0.2) is 0 Å². The first-order chi connectivity index (χ1) is 8.89. The summed E-state index contributed by atoms with van der Waals surface area (Å²) in [4.78, 5) is 1.45. The second-order valence-corrected chi connectivity index (χ2v) is 5.06. The van der Waals surface area contributed by atoms with E-state index < -0.39 is 18.3 Å². The second kappa shape index (κ2) is 5.51. The lowest BCUT2D eigenvalue weighted by Gasteiger charge is -2.42. The van der Waals surface area contributed by atoms with Crippen LogP contribution in [-0.2, 0) is 0 Å². The first kappa shape index (κ1) is 14.3. The first-order valence-corrected chi connectivity index (χ1v) is 6.45. The Morgan fingerprint density at radius 2 is 1.89 bits per heavy atom. The van der Waals surface area contributed by atoms with Crippen LogP contribution in [0, 0.1) is 0 Å². The predicted octanol–water partition coefficient (Wildman–Crippen LogP) is 3.14. The molecule has 1 heterocycles. The number of likely N-dealkylation sites (tertiary alicyclic amines) is 1. The Bertz CT molecular complexity index is 407. The maximum Gasteiger partial charge on any atom is 0.404 e. The number of benzene rings is 1. The lowest BCUT2D eigenvalue weighted by Crippen LogP contribution is -2.52. The molecule has 1 aromatic carbocycles. The van der Waals surface area contributed by atoms with E-state index in [2.05, 4.69) is 0 Å². The van der Waals surface area contributed by atoms with Crippen LogP contribution in [0.2, 0.25) is 0 Å². The molecule has 0 radical (unpaired) electrons. The minimum atomic E-state index is -4.30. The zero-order valence-electron chi connectivity index (χ0n) is 10.8. The van der Waals surface area contributed by atoms with Gasteiger partial charge in [0.1, 0.15) is 6.04 Å². The standard InChI is InChI=1S/C14H18F3NO/c1-10(11-5-3-2-4-6-11)18-8-7-12(19)9-13(18)14(15,16)17/h2-6,10,12-13,19H,7-9H2,1H3/t10-,12?,13?/m1/s1. The third kappa shape index (κ3) is 3.28. The SMILES string of the molecule is C[C@H](c1ccccc1)N1CCC(O)CC1C(F)(F)F. The third-order valence-electron chi connectivity index (χ3n) is 3.77. The highest BCUT2D eigenvalue weighted by molar-refractivity contribution is 5.19. The maximum absolute atomic E-state index is 13.1. The molecule has 3 atom stereocenters. The first-order valence-electron chi connectivity index (χ1n) is 6.45. The topological polar surface area (TPSA) is 23.5 Å². The number of halogens is 3. The molecule has 2 rings (SSSR count). The van der Waals surface area contributed by atoms with Gasteiger partial charge in [0, 0.05) is 12.6 Å². The number of rotatable bonds is 2. The molecule has 1 aliphatic rings. The second-order valence-electron chi connectivity index (χ2n) is 5.06. The zero-order chi connectivity index (χ0) is 14.0. The largest absolute Gasteiger partial charge is 0.404 e. The number of hydrogen-bond acceptors (Lipinski definition) is 2. The van der Waals surface area contributed by atoms with Gasteiger partial charge in [0.25, 0.3) is 0 Å². The fourth-order valence-electron chi connectivity index (χ4n) is 2.67. The molecule has 0 saturated carbocycles. The van der Waals surface area contributed by atoms with Crippen molar-refractivity contribution in [3.63, 3.8) is 0 Å². The average Bonchev–Trinajstić information content (AvgIpc) is 2.38. The lowest BCUT2D eigenvalue weighted by molar-refractivity contribution is -0.206. The van der Waals surface area contributed by atoms with E-state index in [0.717, 1.165) is 5.56 Å². The summed E-state index contributed by atoms with van der Waals surface area (Å²) < 4.78 is 39.3. The number of piperidine rings is 1. The average molecular weight is 273 g/mol. The molecule has 0 bridgehead atoms. The number of hydrogen-bond donors (Lipinski definition) is 1. The van der Waals surface area contributed by atoms with E-state index in [-0.39, 0.29) is 19.0 Å². The Balaban J connectivity index is 2.21. The Morgan fingerprint density at radius 1 is 1.26 bits per heavy atom. The van der Waals surface area contributed by atoms with Crippen LogP contribution in [0.5, 0.6) is 0 Å². The molecule has 0 spiro atoms. The Labute approximate surface area is 110 Å². The number of nitrogens with zero attached hydrogens (tertiary/aromatic N) is 1. The summed E-state index contributed by atoms with van der Waals surface area (Å²) in [7, 11) is 0. The molecule has 0 amide bonds. The van der Waals surface area contributed by atoms with Crippen LogP contribution in [0.3, 0.4) is 0 Å². The highest BCUT2D eigenvalue weighted by atomic mass is 19.4. The summed E-state index contributed by atoms with van der Waals surface area (Å²) in [5.41, 5.74) is 0.869. The molecule has 106 valence electrons. The summed E-state index contributed by atoms with van der Waals surface area (Å²) in [5, 5.41) is 9.49. The van der Waals surface area contributed by atoms with E-state index in [1.807, 2.05) is 30.3 Å². The van der Waals surface area contributed by atoms with Gasteiger partial charge in [0.15, 0.2) is 0 Å². The van der Waals surface area contributed by atoms with Gasteiger partial charge in [-0.3, -0.25) is 4.90 Å². The summed E-state index contributed by atoms with van der Waals surface area (Å²) in [6, 6.07) is 7.30. The van der Waals surface area contributed by atoms with Crippen LogP contribution in [0.4, 0.5) is 13.2 Å². The molecule has 2 unspecified atom stereocenters. The summed E-state index contributed by atoms with van der Waals surface area (Å²) >= 11 is 0. The van der Waals surface area contributed by atoms with Crippen LogP contribution in [0.25, 0.3) is 0 Å². The van der Waals surface area contributed by atoms with E-state index in [1.54, 1.807) is 6.92 Å². The van der Waals surface area contributed by atoms with Gasteiger partial charge in [-0.2, -0.15) is 13.2 Å². The quantitative estimate of drug-likeness (QED) is 0.895. The van der Waals surface area contributed by atoms with Crippen LogP contribution in [0.1, 0.15) is 31.4 Å². The molecule has 1 saturated heterocycles. The van der Waals surface area contributed by atoms with Crippen LogP contribution < -0.4 is 0 Å². The number of aliphatic hydroxyl groups excluding tert-OH is 1. The van der Waals surface area contributed by atoms with Crippen LogP contribution >= 0.6 is 0 Å². The van der Waals surface area contributed by atoms with Crippen molar-refractivity contribution in [3.05, 3.63) is 35.9 Å². The van der Waals surface area contributed by atoms with Gasteiger partial charge in [-0.1, -0.05) is 30.3 Å². The van der Waals surface area contributed by atoms with Crippen LogP contribution in [-0.4, -0.2) is 34.9 Å². The van der Waals surface area contributed by atoms with Crippen molar-refractivity contribution in [1.82, 2.24) is 4.90 Å². The van der Waals surface area contributed by atoms with Gasteiger partial charge in [0.05, 0.1) is 6.10 Å². The molecule has 5 heteroatoms. The molecule has 0 aromatic heterocycles. The molecular weight excluding hydrogens is 255 g/mol. The van der Waals surface area contributed by atoms with E-state index in [1.165, 1.54) is 4.90 Å². The van der Waals surface area contributed by atoms with E-state index in [4.69, 9.17) is 0 Å². The lowest BCUT2D eigenvalue weighted by atomic mass is 9.95. The molecule has 1 aliphatic heterocycles. The smallest absolute Gasteiger partial charge is 0.393 e. The van der Waals surface area contributed by atoms with Crippen molar-refractivity contribution in [2.45, 2.75) is 44.1 Å². The third-order valence-corrected chi connectivity index (χ3v) is 3.77. The fourth-order valence-corrected chi connectivity index (χ4v) is 2.67. The number of alkyl halides is 3. The minimum Gasteiger partial charge on any atom is -0.393 e. The molecule has 1 N–H and O–H groups in total. The molecule has 0 aliphatic carbocycles. The van der Waals surface area contributed by atoms with Crippen LogP contribution in [0.15, 0.2) is 30.3 Å². The van der Waals surface area contributed by atoms with Crippen molar-refractivity contribution in [2.24, 2.45) is 0 Å². The Morgan fingerprint density at radius 3 is 2.47 bits per heavy atom. The predicted molar refractivity (Wildman–Crippen MR) is 66.6 cm³/mol. The highest BCUT2D eigenvalue weighted by Gasteiger charge is 2.47. The molecule has 1 fully saturated rings. The van der Waals surface area contributed by atoms with Gasteiger partial charge in [-0.05, 0) is 25.3 Å². The van der Waals surface area contributed by atoms with Gasteiger partial charge in [-0.15, -0.1) is 0 Å². The van der Waals surface area contributed by atoms with E-state index in [9.17, 15) is 18.3 Å². The van der Waals surface area contributed by atoms with Crippen molar-refractivity contribution in [3.8, 4) is 0 Å². The summed E-state index contributed by atoms with van der Waals surface area (Å²) in [6.45, 7) is 2.05. The normalized spacial score (nSPS) is 27.2. The van der Waals surface area contributed by atoms with Crippen molar-refractivity contribution in [2.75, 3.05) is 6.54 Å². The highest BCUT2D eigenvalue weighted by Crippen LogP contribution is 2.36. The Kier molecular flexibility index (Phi) is 4.16. The molecule has 1 aromatic rings. The number of aliphatic hydroxyl groups is 1. The van der Waals surface area contributed by atoms with Gasteiger partial charge < -0.3 is 5.11 Å². The molecular formula is C14H18F3NO. The van der Waals surface area contributed by atoms with Crippen molar-refractivity contribution < 1.29 is 18.3 Å². The fraction of sp³-hybridized carbons (Fsp3) is 0.571. The zero-order valence-corrected chi connectivity index (χ0v) is 10.8. The monoisotopic (exact) mass is 273 g/mol. The Hall–Kier alpha value is -1.07. The molecule has 19 heavy (non-hydrogen) atoms. The van der Waals surface area contributed by atoms with E-state index in [0.29, 0.717) is 6.42 Å². The minimum absolute atomic E-state index is 0.235. The summed E-state index contributed by atoms with van der Waals surface area (Å²) in [5.74, 6) is 0. The summed E-state index contributed by atoms with van der Waals surface area (Å²) in [6.07, 6.45) is -5.00. The van der Waals surface area contributed by atoms with E-state index >= 15 is 0 Å². The van der Waals surface area contributed by atoms with Crippen molar-refractivity contribution >= 4 is 0 Å². The molecule has 2 nitrogen and oxygen atoms in total.